The van der Waals surface area contributed by atoms with E-state index in [-0.39, 0.29) is 18.0 Å². The number of para-hydroxylation sites is 1. The van der Waals surface area contributed by atoms with Crippen LogP contribution in [0.2, 0.25) is 0 Å². The van der Waals surface area contributed by atoms with Gasteiger partial charge >= 0.3 is 6.18 Å². The third-order valence-corrected chi connectivity index (χ3v) is 6.02. The van der Waals surface area contributed by atoms with Crippen LogP contribution in [0.4, 0.5) is 13.2 Å². The Morgan fingerprint density at radius 2 is 1.68 bits per heavy atom. The van der Waals surface area contributed by atoms with Crippen molar-refractivity contribution in [3.05, 3.63) is 101 Å². The summed E-state index contributed by atoms with van der Waals surface area (Å²) < 4.78 is 44.7. The quantitative estimate of drug-likeness (QED) is 0.458. The van der Waals surface area contributed by atoms with Crippen LogP contribution in [0.15, 0.2) is 72.8 Å². The van der Waals surface area contributed by atoms with Gasteiger partial charge in [0.1, 0.15) is 6.04 Å². The van der Waals surface area contributed by atoms with E-state index in [2.05, 4.69) is 24.4 Å². The van der Waals surface area contributed by atoms with Gasteiger partial charge in [0.15, 0.2) is 17.7 Å². The zero-order chi connectivity index (χ0) is 24.3. The molecule has 0 spiro atoms. The van der Waals surface area contributed by atoms with Crippen molar-refractivity contribution in [2.24, 2.45) is 0 Å². The van der Waals surface area contributed by atoms with E-state index in [0.29, 0.717) is 23.5 Å². The van der Waals surface area contributed by atoms with Gasteiger partial charge in [0.05, 0.1) is 17.7 Å². The number of quaternary nitrogens is 1. The summed E-state index contributed by atoms with van der Waals surface area (Å²) in [6, 6.07) is 18.5. The number of phenols is 1. The maximum Gasteiger partial charge on any atom is 0.416 e. The number of hydrogen-bond donors (Lipinski definition) is 3. The van der Waals surface area contributed by atoms with Crippen LogP contribution in [0.1, 0.15) is 53.9 Å². The summed E-state index contributed by atoms with van der Waals surface area (Å²) in [7, 11) is 0. The van der Waals surface area contributed by atoms with Crippen LogP contribution in [-0.2, 0) is 12.6 Å². The van der Waals surface area contributed by atoms with Crippen LogP contribution < -0.4 is 15.4 Å². The number of halogens is 3. The first-order valence-corrected chi connectivity index (χ1v) is 11.3. The monoisotopic (exact) mass is 469 g/mol. The van der Waals surface area contributed by atoms with Gasteiger partial charge < -0.3 is 20.5 Å². The Bertz CT molecular complexity index is 1160. The molecule has 3 aromatic carbocycles. The molecule has 178 valence electrons. The van der Waals surface area contributed by atoms with E-state index < -0.39 is 11.7 Å². The molecule has 2 atom stereocenters. The molecule has 4 N–H and O–H groups in total. The van der Waals surface area contributed by atoms with Gasteiger partial charge in [-0.3, -0.25) is 0 Å². The van der Waals surface area contributed by atoms with Crippen LogP contribution in [0.3, 0.4) is 0 Å². The van der Waals surface area contributed by atoms with Gasteiger partial charge in [-0.25, -0.2) is 0 Å². The smallest absolute Gasteiger partial charge is 0.416 e. The first-order valence-electron chi connectivity index (χ1n) is 11.3. The summed E-state index contributed by atoms with van der Waals surface area (Å²) in [5.74, 6) is 0.468. The van der Waals surface area contributed by atoms with E-state index in [4.69, 9.17) is 4.74 Å². The fraction of sp³-hybridized carbons (Fsp3) is 0.259. The van der Waals surface area contributed by atoms with E-state index in [9.17, 15) is 18.3 Å². The molecule has 7 heteroatoms. The zero-order valence-corrected chi connectivity index (χ0v) is 19.1. The minimum atomic E-state index is -4.39. The largest absolute Gasteiger partial charge is 0.504 e. The molecule has 0 saturated heterocycles. The van der Waals surface area contributed by atoms with Crippen LogP contribution in [0.25, 0.3) is 5.70 Å². The van der Waals surface area contributed by atoms with Crippen molar-refractivity contribution in [1.29, 1.82) is 0 Å². The van der Waals surface area contributed by atoms with E-state index >= 15 is 0 Å². The number of aryl methyl sites for hydroxylation is 1. The van der Waals surface area contributed by atoms with E-state index in [1.807, 2.05) is 42.6 Å². The molecule has 0 bridgehead atoms. The second-order valence-electron chi connectivity index (χ2n) is 8.22. The first-order chi connectivity index (χ1) is 16.3. The minimum Gasteiger partial charge on any atom is -0.504 e. The molecule has 4 rings (SSSR count). The van der Waals surface area contributed by atoms with Crippen LogP contribution in [-0.4, -0.2) is 11.7 Å². The highest BCUT2D eigenvalue weighted by Gasteiger charge is 2.33. The lowest BCUT2D eigenvalue weighted by molar-refractivity contribution is -0.731. The molecule has 0 radical (unpaired) electrons. The van der Waals surface area contributed by atoms with Crippen molar-refractivity contribution >= 4 is 5.70 Å². The topological polar surface area (TPSA) is 58.1 Å². The Hall–Kier alpha value is -3.45. The molecular formula is C27H28F3N2O2+. The lowest BCUT2D eigenvalue weighted by Gasteiger charge is -2.30. The number of alkyl halides is 3. The van der Waals surface area contributed by atoms with Crippen molar-refractivity contribution in [1.82, 2.24) is 5.32 Å². The van der Waals surface area contributed by atoms with Gasteiger partial charge in [-0.05, 0) is 48.7 Å². The molecular weight excluding hydrogens is 441 g/mol. The molecule has 2 unspecified atom stereocenters. The van der Waals surface area contributed by atoms with Crippen molar-refractivity contribution in [2.45, 2.75) is 38.7 Å². The van der Waals surface area contributed by atoms with Crippen LogP contribution in [0.5, 0.6) is 11.5 Å². The van der Waals surface area contributed by atoms with E-state index in [1.165, 1.54) is 17.7 Å². The third-order valence-electron chi connectivity index (χ3n) is 6.02. The number of rotatable bonds is 6. The normalized spacial score (nSPS) is 18.2. The predicted molar refractivity (Wildman–Crippen MR) is 125 cm³/mol. The Balaban J connectivity index is 1.73. The summed E-state index contributed by atoms with van der Waals surface area (Å²) in [5.41, 5.74) is 3.72. The van der Waals surface area contributed by atoms with Gasteiger partial charge in [-0.2, -0.15) is 13.2 Å². The predicted octanol–water partition coefficient (Wildman–Crippen LogP) is 5.32. The molecule has 0 aliphatic carbocycles. The molecule has 0 amide bonds. The highest BCUT2D eigenvalue weighted by atomic mass is 19.4. The standard InChI is InChI=1S/C27H27F3N2O2/c1-3-17-8-10-18(11-9-17)22-16-23(21-6-5-7-24(25(21)33)34-4-2)32-26(31-22)19-12-14-20(15-13-19)27(28,29)30/h5-16,23,26,31-33H,3-4H2,1-2H3/p+1. The number of nitrogens with one attached hydrogen (secondary N) is 1. The SMILES string of the molecule is CCOc1cccc(C2C=C(c3ccc(CC)cc3)NC(c3ccc(C(F)(F)F)cc3)[NH2+]2)c1O. The molecule has 4 nitrogen and oxygen atoms in total. The molecule has 34 heavy (non-hydrogen) atoms. The Kier molecular flexibility index (Phi) is 6.84. The van der Waals surface area contributed by atoms with Gasteiger partial charge in [-0.1, -0.05) is 49.4 Å². The van der Waals surface area contributed by atoms with Crippen molar-refractivity contribution in [2.75, 3.05) is 6.61 Å². The van der Waals surface area contributed by atoms with Crippen molar-refractivity contribution in [3.63, 3.8) is 0 Å². The third kappa shape index (κ3) is 5.04. The van der Waals surface area contributed by atoms with Gasteiger partial charge in [0.2, 0.25) is 0 Å². The first kappa shape index (κ1) is 23.7. The number of benzene rings is 3. The highest BCUT2D eigenvalue weighted by molar-refractivity contribution is 5.66. The lowest BCUT2D eigenvalue weighted by atomic mass is 9.96. The summed E-state index contributed by atoms with van der Waals surface area (Å²) >= 11 is 0. The second-order valence-corrected chi connectivity index (χ2v) is 8.22. The van der Waals surface area contributed by atoms with Crippen molar-refractivity contribution < 1.29 is 28.3 Å². The number of ether oxygens (including phenoxy) is 1. The van der Waals surface area contributed by atoms with Gasteiger partial charge in [0.25, 0.3) is 0 Å². The summed E-state index contributed by atoms with van der Waals surface area (Å²) in [6.45, 7) is 4.36. The maximum absolute atomic E-state index is 13.1. The lowest BCUT2D eigenvalue weighted by Crippen LogP contribution is -2.89. The Morgan fingerprint density at radius 3 is 2.29 bits per heavy atom. The van der Waals surface area contributed by atoms with E-state index in [0.717, 1.165) is 29.8 Å². The molecule has 0 fully saturated rings. The number of aromatic hydroxyl groups is 1. The van der Waals surface area contributed by atoms with Gasteiger partial charge in [-0.15, -0.1) is 0 Å². The maximum atomic E-state index is 13.1. The molecule has 3 aromatic rings. The fourth-order valence-electron chi connectivity index (χ4n) is 4.15. The molecule has 1 aliphatic heterocycles. The summed E-state index contributed by atoms with van der Waals surface area (Å²) in [5, 5.41) is 16.3. The van der Waals surface area contributed by atoms with E-state index in [1.54, 1.807) is 6.07 Å². The summed E-state index contributed by atoms with van der Waals surface area (Å²) in [4.78, 5) is 0. The fourth-order valence-corrected chi connectivity index (χ4v) is 4.15. The van der Waals surface area contributed by atoms with Crippen molar-refractivity contribution in [3.8, 4) is 11.5 Å². The number of hydrogen-bond acceptors (Lipinski definition) is 3. The Labute approximate surface area is 197 Å². The van der Waals surface area contributed by atoms with Crippen LogP contribution >= 0.6 is 0 Å². The average molecular weight is 470 g/mol. The Morgan fingerprint density at radius 1 is 0.971 bits per heavy atom. The summed E-state index contributed by atoms with van der Waals surface area (Å²) in [6.07, 6.45) is -1.79. The average Bonchev–Trinajstić information content (AvgIpc) is 2.85. The van der Waals surface area contributed by atoms with Crippen LogP contribution in [0, 0.1) is 0 Å². The molecule has 1 aliphatic rings. The van der Waals surface area contributed by atoms with Gasteiger partial charge in [0, 0.05) is 17.3 Å². The molecule has 1 heterocycles. The minimum absolute atomic E-state index is 0.0654. The molecule has 0 aromatic heterocycles. The number of phenolic OH excluding ortho intramolecular Hbond substituents is 1. The number of nitrogens with two attached hydrogens (primary N) is 1. The highest BCUT2D eigenvalue weighted by Crippen LogP contribution is 2.36. The molecule has 0 saturated carbocycles. The zero-order valence-electron chi connectivity index (χ0n) is 19.1. The second kappa shape index (κ2) is 9.81.